The van der Waals surface area contributed by atoms with Crippen LogP contribution in [0.3, 0.4) is 0 Å². The molecule has 1 aromatic rings. The van der Waals surface area contributed by atoms with Crippen LogP contribution in [0, 0.1) is 0 Å². The minimum absolute atomic E-state index is 0.382. The summed E-state index contributed by atoms with van der Waals surface area (Å²) < 4.78 is 16.9. The van der Waals surface area contributed by atoms with Gasteiger partial charge in [-0.15, -0.1) is 0 Å². The molecule has 0 bridgehead atoms. The fraction of sp³-hybridized carbons (Fsp3) is 0.583. The van der Waals surface area contributed by atoms with Crippen molar-refractivity contribution in [2.24, 2.45) is 0 Å². The van der Waals surface area contributed by atoms with Crippen LogP contribution >= 0.6 is 0 Å². The van der Waals surface area contributed by atoms with Crippen molar-refractivity contribution in [1.82, 2.24) is 4.98 Å². The van der Waals surface area contributed by atoms with Gasteiger partial charge in [-0.1, -0.05) is 0 Å². The van der Waals surface area contributed by atoms with Crippen LogP contribution in [-0.4, -0.2) is 29.6 Å². The number of aromatic nitrogens is 1. The standard InChI is InChI=1S/C12H18N2O3/c1-11(2)16-8-12(3,17-11)7-15-10-6-9(13)4-5-14-10/h4-6H,7-8H2,1-3H3,(H2,13,14)/t12-/m1/s1. The summed E-state index contributed by atoms with van der Waals surface area (Å²) in [7, 11) is 0. The number of pyridine rings is 1. The smallest absolute Gasteiger partial charge is 0.215 e. The van der Waals surface area contributed by atoms with Gasteiger partial charge in [0.05, 0.1) is 6.61 Å². The molecule has 1 fully saturated rings. The second kappa shape index (κ2) is 4.16. The number of anilines is 1. The van der Waals surface area contributed by atoms with Gasteiger partial charge in [-0.25, -0.2) is 4.98 Å². The molecule has 0 amide bonds. The van der Waals surface area contributed by atoms with Crippen molar-refractivity contribution in [3.63, 3.8) is 0 Å². The van der Waals surface area contributed by atoms with Gasteiger partial charge in [0.25, 0.3) is 0 Å². The Morgan fingerprint density at radius 3 is 2.82 bits per heavy atom. The molecule has 0 saturated carbocycles. The number of hydrogen-bond donors (Lipinski definition) is 1. The van der Waals surface area contributed by atoms with Crippen LogP contribution in [0.25, 0.3) is 0 Å². The molecule has 0 aliphatic carbocycles. The van der Waals surface area contributed by atoms with Crippen molar-refractivity contribution in [1.29, 1.82) is 0 Å². The molecule has 5 nitrogen and oxygen atoms in total. The highest BCUT2D eigenvalue weighted by atomic mass is 16.8. The lowest BCUT2D eigenvalue weighted by Crippen LogP contribution is -2.37. The first-order chi connectivity index (χ1) is 7.89. The van der Waals surface area contributed by atoms with Gasteiger partial charge in [0.2, 0.25) is 5.88 Å². The maximum atomic E-state index is 5.78. The number of ether oxygens (including phenoxy) is 3. The molecule has 1 saturated heterocycles. The molecular formula is C12H18N2O3. The predicted molar refractivity (Wildman–Crippen MR) is 63.7 cm³/mol. The Bertz CT molecular complexity index is 408. The minimum Gasteiger partial charge on any atom is -0.474 e. The highest BCUT2D eigenvalue weighted by molar-refractivity contribution is 5.39. The van der Waals surface area contributed by atoms with Gasteiger partial charge < -0.3 is 19.9 Å². The van der Waals surface area contributed by atoms with E-state index in [0.29, 0.717) is 24.8 Å². The summed E-state index contributed by atoms with van der Waals surface area (Å²) in [5, 5.41) is 0. The molecule has 0 spiro atoms. The molecule has 5 heteroatoms. The summed E-state index contributed by atoms with van der Waals surface area (Å²) in [4.78, 5) is 4.07. The Kier molecular flexibility index (Phi) is 2.97. The maximum Gasteiger partial charge on any atom is 0.215 e. The van der Waals surface area contributed by atoms with Crippen molar-refractivity contribution in [3.05, 3.63) is 18.3 Å². The Labute approximate surface area is 101 Å². The first kappa shape index (κ1) is 12.1. The summed E-state index contributed by atoms with van der Waals surface area (Å²) in [5.41, 5.74) is 5.82. The third kappa shape index (κ3) is 3.08. The van der Waals surface area contributed by atoms with Gasteiger partial charge in [0, 0.05) is 18.0 Å². The van der Waals surface area contributed by atoms with E-state index >= 15 is 0 Å². The highest BCUT2D eigenvalue weighted by Gasteiger charge is 2.42. The minimum atomic E-state index is -0.554. The lowest BCUT2D eigenvalue weighted by atomic mass is 10.1. The Morgan fingerprint density at radius 1 is 1.47 bits per heavy atom. The first-order valence-electron chi connectivity index (χ1n) is 5.57. The monoisotopic (exact) mass is 238 g/mol. The summed E-state index contributed by atoms with van der Waals surface area (Å²) in [6.45, 7) is 6.61. The maximum absolute atomic E-state index is 5.78. The first-order valence-corrected chi connectivity index (χ1v) is 5.57. The van der Waals surface area contributed by atoms with Crippen molar-refractivity contribution < 1.29 is 14.2 Å². The summed E-state index contributed by atoms with van der Waals surface area (Å²) in [6, 6.07) is 3.40. The molecule has 0 unspecified atom stereocenters. The SMILES string of the molecule is CC1(C)OC[C@@](C)(COc2cc(N)ccn2)O1. The van der Waals surface area contributed by atoms with E-state index in [1.54, 1.807) is 18.3 Å². The summed E-state index contributed by atoms with van der Waals surface area (Å²) in [6.07, 6.45) is 1.61. The zero-order valence-corrected chi connectivity index (χ0v) is 10.4. The van der Waals surface area contributed by atoms with E-state index in [2.05, 4.69) is 4.98 Å². The summed E-state index contributed by atoms with van der Waals surface area (Å²) >= 11 is 0. The second-order valence-electron chi connectivity index (χ2n) is 4.96. The van der Waals surface area contributed by atoms with Crippen LogP contribution in [0.5, 0.6) is 5.88 Å². The fourth-order valence-corrected chi connectivity index (χ4v) is 1.78. The van der Waals surface area contributed by atoms with E-state index in [4.69, 9.17) is 19.9 Å². The molecule has 0 aromatic carbocycles. The van der Waals surface area contributed by atoms with Crippen LogP contribution in [0.15, 0.2) is 18.3 Å². The number of rotatable bonds is 3. The normalized spacial score (nSPS) is 27.0. The average Bonchev–Trinajstić information content (AvgIpc) is 2.51. The van der Waals surface area contributed by atoms with Crippen molar-refractivity contribution >= 4 is 5.69 Å². The predicted octanol–water partition coefficient (Wildman–Crippen LogP) is 1.58. The second-order valence-corrected chi connectivity index (χ2v) is 4.96. The average molecular weight is 238 g/mol. The molecule has 1 aliphatic heterocycles. The summed E-state index contributed by atoms with van der Waals surface area (Å²) in [5.74, 6) is -0.0547. The Balaban J connectivity index is 1.95. The molecule has 17 heavy (non-hydrogen) atoms. The van der Waals surface area contributed by atoms with E-state index in [0.717, 1.165) is 0 Å². The molecule has 1 aromatic heterocycles. The van der Waals surface area contributed by atoms with Crippen LogP contribution in [0.4, 0.5) is 5.69 Å². The van der Waals surface area contributed by atoms with E-state index < -0.39 is 11.4 Å². The van der Waals surface area contributed by atoms with E-state index in [1.807, 2.05) is 20.8 Å². The molecule has 2 rings (SSSR count). The molecule has 0 radical (unpaired) electrons. The topological polar surface area (TPSA) is 66.6 Å². The van der Waals surface area contributed by atoms with Gasteiger partial charge in [0.15, 0.2) is 5.79 Å². The Morgan fingerprint density at radius 2 is 2.24 bits per heavy atom. The van der Waals surface area contributed by atoms with Crippen LogP contribution in [0.1, 0.15) is 20.8 Å². The van der Waals surface area contributed by atoms with Gasteiger partial charge in [-0.2, -0.15) is 0 Å². The lowest BCUT2D eigenvalue weighted by Gasteiger charge is -2.24. The molecule has 2 heterocycles. The van der Waals surface area contributed by atoms with Gasteiger partial charge >= 0.3 is 0 Å². The molecule has 94 valence electrons. The van der Waals surface area contributed by atoms with Gasteiger partial charge in [-0.3, -0.25) is 0 Å². The van der Waals surface area contributed by atoms with Gasteiger partial charge in [0.1, 0.15) is 12.2 Å². The van der Waals surface area contributed by atoms with Crippen molar-refractivity contribution in [2.75, 3.05) is 18.9 Å². The lowest BCUT2D eigenvalue weighted by molar-refractivity contribution is -0.163. The molecule has 1 aliphatic rings. The number of nitrogens with two attached hydrogens (primary N) is 1. The van der Waals surface area contributed by atoms with Crippen molar-refractivity contribution in [2.45, 2.75) is 32.2 Å². The molecule has 2 N–H and O–H groups in total. The zero-order valence-electron chi connectivity index (χ0n) is 10.4. The number of hydrogen-bond acceptors (Lipinski definition) is 5. The third-order valence-corrected chi connectivity index (χ3v) is 2.50. The third-order valence-electron chi connectivity index (χ3n) is 2.50. The number of nitrogens with zero attached hydrogens (tertiary/aromatic N) is 1. The number of nitrogen functional groups attached to an aromatic ring is 1. The van der Waals surface area contributed by atoms with E-state index in [9.17, 15) is 0 Å². The Hall–Kier alpha value is -1.33. The van der Waals surface area contributed by atoms with E-state index in [-0.39, 0.29) is 0 Å². The van der Waals surface area contributed by atoms with E-state index in [1.165, 1.54) is 0 Å². The van der Waals surface area contributed by atoms with Crippen LogP contribution in [-0.2, 0) is 9.47 Å². The zero-order chi connectivity index (χ0) is 12.5. The molecule has 1 atom stereocenters. The highest BCUT2D eigenvalue weighted by Crippen LogP contribution is 2.30. The van der Waals surface area contributed by atoms with Crippen LogP contribution < -0.4 is 10.5 Å². The van der Waals surface area contributed by atoms with Crippen LogP contribution in [0.2, 0.25) is 0 Å². The molecular weight excluding hydrogens is 220 g/mol. The van der Waals surface area contributed by atoms with Gasteiger partial charge in [-0.05, 0) is 26.8 Å². The quantitative estimate of drug-likeness (QED) is 0.866. The largest absolute Gasteiger partial charge is 0.474 e. The fourth-order valence-electron chi connectivity index (χ4n) is 1.78. The van der Waals surface area contributed by atoms with Crippen molar-refractivity contribution in [3.8, 4) is 5.88 Å².